The summed E-state index contributed by atoms with van der Waals surface area (Å²) in [5.74, 6) is 1.09. The summed E-state index contributed by atoms with van der Waals surface area (Å²) < 4.78 is 2.20. The van der Waals surface area contributed by atoms with Crippen LogP contribution in [-0.4, -0.2) is 9.55 Å². The Balaban J connectivity index is 3.13. The minimum Gasteiger partial charge on any atom is -0.330 e. The molecule has 0 saturated carbocycles. The Kier molecular flexibility index (Phi) is 1.78. The van der Waals surface area contributed by atoms with Crippen molar-refractivity contribution in [1.29, 1.82) is 0 Å². The summed E-state index contributed by atoms with van der Waals surface area (Å²) in [6, 6.07) is 0. The molecule has 0 fully saturated rings. The third-order valence-electron chi connectivity index (χ3n) is 1.73. The number of rotatable bonds is 0. The van der Waals surface area contributed by atoms with Crippen LogP contribution in [0.15, 0.2) is 6.20 Å². The molecule has 1 rings (SSSR count). The Hall–Kier alpha value is -0.790. The van der Waals surface area contributed by atoms with Crippen molar-refractivity contribution in [2.45, 2.75) is 40.2 Å². The van der Waals surface area contributed by atoms with E-state index in [0.717, 1.165) is 11.5 Å². The highest BCUT2D eigenvalue weighted by atomic mass is 15.1. The van der Waals surface area contributed by atoms with Crippen molar-refractivity contribution < 1.29 is 0 Å². The molecule has 62 valence electrons. The number of hydrogen-bond donors (Lipinski definition) is 0. The van der Waals surface area contributed by atoms with Gasteiger partial charge in [0.2, 0.25) is 0 Å². The number of hydrogen-bond acceptors (Lipinski definition) is 1. The number of aromatic nitrogens is 2. The Labute approximate surface area is 68.3 Å². The van der Waals surface area contributed by atoms with Gasteiger partial charge in [-0.05, 0) is 34.6 Å². The normalized spacial score (nSPS) is 12.1. The number of imidazole rings is 1. The average molecular weight is 152 g/mol. The van der Waals surface area contributed by atoms with Gasteiger partial charge in [0.15, 0.2) is 0 Å². The highest BCUT2D eigenvalue weighted by molar-refractivity contribution is 5.03. The van der Waals surface area contributed by atoms with Crippen LogP contribution >= 0.6 is 0 Å². The van der Waals surface area contributed by atoms with E-state index in [1.54, 1.807) is 0 Å². The molecule has 0 aliphatic heterocycles. The molecule has 0 atom stereocenters. The quantitative estimate of drug-likeness (QED) is 0.557. The molecular weight excluding hydrogens is 136 g/mol. The van der Waals surface area contributed by atoms with Crippen LogP contribution in [0.4, 0.5) is 0 Å². The van der Waals surface area contributed by atoms with E-state index >= 15 is 0 Å². The molecule has 0 saturated heterocycles. The SMILES string of the molecule is Cc1cn(C(C)(C)C)c(C)n1. The van der Waals surface area contributed by atoms with Crippen molar-refractivity contribution in [2.75, 3.05) is 0 Å². The zero-order valence-corrected chi connectivity index (χ0v) is 7.97. The fourth-order valence-corrected chi connectivity index (χ4v) is 1.30. The fourth-order valence-electron chi connectivity index (χ4n) is 1.30. The molecule has 0 radical (unpaired) electrons. The van der Waals surface area contributed by atoms with Crippen LogP contribution in [0, 0.1) is 13.8 Å². The van der Waals surface area contributed by atoms with Crippen molar-refractivity contribution in [3.05, 3.63) is 17.7 Å². The van der Waals surface area contributed by atoms with Gasteiger partial charge in [0.25, 0.3) is 0 Å². The van der Waals surface area contributed by atoms with Gasteiger partial charge in [-0.2, -0.15) is 0 Å². The lowest BCUT2D eigenvalue weighted by Crippen LogP contribution is -2.21. The zero-order valence-electron chi connectivity index (χ0n) is 7.97. The topological polar surface area (TPSA) is 17.8 Å². The Morgan fingerprint density at radius 2 is 1.82 bits per heavy atom. The summed E-state index contributed by atoms with van der Waals surface area (Å²) in [6.07, 6.45) is 2.09. The molecule has 0 spiro atoms. The molecule has 2 nitrogen and oxygen atoms in total. The van der Waals surface area contributed by atoms with Crippen molar-refractivity contribution in [3.63, 3.8) is 0 Å². The maximum atomic E-state index is 4.34. The van der Waals surface area contributed by atoms with E-state index < -0.39 is 0 Å². The van der Waals surface area contributed by atoms with E-state index in [0.29, 0.717) is 0 Å². The third-order valence-corrected chi connectivity index (χ3v) is 1.73. The van der Waals surface area contributed by atoms with E-state index in [4.69, 9.17) is 0 Å². The van der Waals surface area contributed by atoms with Gasteiger partial charge >= 0.3 is 0 Å². The van der Waals surface area contributed by atoms with Gasteiger partial charge in [-0.1, -0.05) is 0 Å². The second-order valence-electron chi connectivity index (χ2n) is 3.97. The molecule has 0 amide bonds. The average Bonchev–Trinajstić information content (AvgIpc) is 2.08. The molecular formula is C9H16N2. The molecule has 11 heavy (non-hydrogen) atoms. The first-order valence-corrected chi connectivity index (χ1v) is 3.94. The summed E-state index contributed by atoms with van der Waals surface area (Å²) in [5.41, 5.74) is 1.25. The number of nitrogens with zero attached hydrogens (tertiary/aromatic N) is 2. The van der Waals surface area contributed by atoms with Gasteiger partial charge in [-0.3, -0.25) is 0 Å². The second-order valence-corrected chi connectivity index (χ2v) is 3.97. The summed E-state index contributed by atoms with van der Waals surface area (Å²) >= 11 is 0. The van der Waals surface area contributed by atoms with Gasteiger partial charge in [-0.15, -0.1) is 0 Å². The lowest BCUT2D eigenvalue weighted by molar-refractivity contribution is 0.388. The Morgan fingerprint density at radius 3 is 2.00 bits per heavy atom. The molecule has 0 N–H and O–H groups in total. The van der Waals surface area contributed by atoms with Crippen LogP contribution in [0.25, 0.3) is 0 Å². The number of aryl methyl sites for hydroxylation is 2. The smallest absolute Gasteiger partial charge is 0.106 e. The maximum absolute atomic E-state index is 4.34. The van der Waals surface area contributed by atoms with Gasteiger partial charge in [-0.25, -0.2) is 4.98 Å². The predicted octanol–water partition coefficient (Wildman–Crippen LogP) is 2.25. The first-order valence-electron chi connectivity index (χ1n) is 3.94. The summed E-state index contributed by atoms with van der Waals surface area (Å²) in [7, 11) is 0. The van der Waals surface area contributed by atoms with Crippen molar-refractivity contribution in [2.24, 2.45) is 0 Å². The minimum absolute atomic E-state index is 0.158. The summed E-state index contributed by atoms with van der Waals surface area (Å²) in [4.78, 5) is 4.34. The van der Waals surface area contributed by atoms with Crippen LogP contribution in [0.2, 0.25) is 0 Å². The van der Waals surface area contributed by atoms with Crippen LogP contribution in [-0.2, 0) is 5.54 Å². The second kappa shape index (κ2) is 2.36. The molecule has 0 aliphatic carbocycles. The molecule has 0 bridgehead atoms. The molecule has 0 aromatic carbocycles. The van der Waals surface area contributed by atoms with Gasteiger partial charge in [0.1, 0.15) is 5.82 Å². The van der Waals surface area contributed by atoms with Gasteiger partial charge < -0.3 is 4.57 Å². The Bertz CT molecular complexity index is 253. The molecule has 1 aromatic heterocycles. The highest BCUT2D eigenvalue weighted by Gasteiger charge is 2.14. The van der Waals surface area contributed by atoms with Gasteiger partial charge in [0, 0.05) is 11.7 Å². The molecule has 0 aliphatic rings. The van der Waals surface area contributed by atoms with Crippen LogP contribution in [0.5, 0.6) is 0 Å². The molecule has 2 heteroatoms. The van der Waals surface area contributed by atoms with Crippen molar-refractivity contribution in [3.8, 4) is 0 Å². The van der Waals surface area contributed by atoms with E-state index in [1.165, 1.54) is 0 Å². The van der Waals surface area contributed by atoms with Crippen LogP contribution in [0.1, 0.15) is 32.3 Å². The third kappa shape index (κ3) is 1.62. The minimum atomic E-state index is 0.158. The maximum Gasteiger partial charge on any atom is 0.106 e. The van der Waals surface area contributed by atoms with E-state index in [2.05, 4.69) is 36.5 Å². The van der Waals surface area contributed by atoms with Crippen molar-refractivity contribution in [1.82, 2.24) is 9.55 Å². The lowest BCUT2D eigenvalue weighted by Gasteiger charge is -2.22. The molecule has 0 unspecified atom stereocenters. The zero-order chi connectivity index (χ0) is 8.65. The summed E-state index contributed by atoms with van der Waals surface area (Å²) in [6.45, 7) is 10.6. The fraction of sp³-hybridized carbons (Fsp3) is 0.667. The van der Waals surface area contributed by atoms with E-state index in [1.807, 2.05) is 13.8 Å². The highest BCUT2D eigenvalue weighted by Crippen LogP contribution is 2.16. The van der Waals surface area contributed by atoms with Gasteiger partial charge in [0.05, 0.1) is 5.69 Å². The van der Waals surface area contributed by atoms with Crippen LogP contribution in [0.3, 0.4) is 0 Å². The Morgan fingerprint density at radius 1 is 1.27 bits per heavy atom. The predicted molar refractivity (Wildman–Crippen MR) is 46.7 cm³/mol. The first-order chi connectivity index (χ1) is 4.91. The van der Waals surface area contributed by atoms with Crippen molar-refractivity contribution >= 4 is 0 Å². The standard InChI is InChI=1S/C9H16N2/c1-7-6-11(8(2)10-7)9(3,4)5/h6H,1-5H3. The van der Waals surface area contributed by atoms with E-state index in [-0.39, 0.29) is 5.54 Å². The molecule has 1 heterocycles. The van der Waals surface area contributed by atoms with E-state index in [9.17, 15) is 0 Å². The monoisotopic (exact) mass is 152 g/mol. The first kappa shape index (κ1) is 8.31. The van der Waals surface area contributed by atoms with Crippen LogP contribution < -0.4 is 0 Å². The summed E-state index contributed by atoms with van der Waals surface area (Å²) in [5, 5.41) is 0. The lowest BCUT2D eigenvalue weighted by atomic mass is 10.1. The largest absolute Gasteiger partial charge is 0.330 e. The molecule has 1 aromatic rings.